The van der Waals surface area contributed by atoms with Gasteiger partial charge in [-0.3, -0.25) is 14.5 Å². The van der Waals surface area contributed by atoms with Crippen LogP contribution in [0.1, 0.15) is 5.69 Å². The van der Waals surface area contributed by atoms with Crippen LogP contribution in [0.3, 0.4) is 0 Å². The quantitative estimate of drug-likeness (QED) is 0.750. The van der Waals surface area contributed by atoms with Gasteiger partial charge in [0.25, 0.3) is 11.1 Å². The lowest BCUT2D eigenvalue weighted by Crippen LogP contribution is -2.45. The van der Waals surface area contributed by atoms with E-state index in [1.165, 1.54) is 7.05 Å². The summed E-state index contributed by atoms with van der Waals surface area (Å²) in [6.07, 6.45) is 3.33. The second-order valence-electron chi connectivity index (χ2n) is 5.31. The lowest BCUT2D eigenvalue weighted by atomic mass is 10.3. The zero-order valence-corrected chi connectivity index (χ0v) is 13.3. The Hall–Kier alpha value is -1.93. The molecule has 0 atom stereocenters. The van der Waals surface area contributed by atoms with Gasteiger partial charge in [0.1, 0.15) is 0 Å². The maximum absolute atomic E-state index is 11.9. The maximum atomic E-state index is 11.9. The number of rotatable bonds is 2. The lowest BCUT2D eigenvalue weighted by Gasteiger charge is -2.32. The van der Waals surface area contributed by atoms with Gasteiger partial charge in [-0.25, -0.2) is 9.97 Å². The van der Waals surface area contributed by atoms with Gasteiger partial charge >= 0.3 is 0 Å². The van der Waals surface area contributed by atoms with Gasteiger partial charge < -0.3 is 9.80 Å². The summed E-state index contributed by atoms with van der Waals surface area (Å²) in [7, 11) is 3.57. The third-order valence-corrected chi connectivity index (χ3v) is 4.68. The molecule has 8 heteroatoms. The number of amides is 2. The van der Waals surface area contributed by atoms with Crippen molar-refractivity contribution in [2.75, 3.05) is 45.2 Å². The number of likely N-dealkylation sites (N-methyl/N-ethyl adjacent to an activating group) is 2. The van der Waals surface area contributed by atoms with Crippen molar-refractivity contribution >= 4 is 34.9 Å². The van der Waals surface area contributed by atoms with Crippen LogP contribution in [-0.4, -0.2) is 71.2 Å². The topological polar surface area (TPSA) is 69.6 Å². The minimum atomic E-state index is -0.283. The summed E-state index contributed by atoms with van der Waals surface area (Å²) >= 11 is 0.936. The molecular weight excluding hydrogens is 302 g/mol. The number of hydrogen-bond acceptors (Lipinski definition) is 7. The first-order chi connectivity index (χ1) is 10.5. The summed E-state index contributed by atoms with van der Waals surface area (Å²) < 4.78 is 0. The van der Waals surface area contributed by atoms with E-state index in [9.17, 15) is 9.59 Å². The highest BCUT2D eigenvalue weighted by atomic mass is 32.2. The molecule has 116 valence electrons. The Morgan fingerprint density at radius 2 is 1.91 bits per heavy atom. The van der Waals surface area contributed by atoms with E-state index in [2.05, 4.69) is 26.8 Å². The molecule has 2 fully saturated rings. The Morgan fingerprint density at radius 3 is 2.55 bits per heavy atom. The Kier molecular flexibility index (Phi) is 4.12. The number of nitrogens with zero attached hydrogens (tertiary/aromatic N) is 5. The van der Waals surface area contributed by atoms with E-state index >= 15 is 0 Å². The molecule has 2 aliphatic heterocycles. The van der Waals surface area contributed by atoms with Crippen molar-refractivity contribution in [3.63, 3.8) is 0 Å². The third kappa shape index (κ3) is 2.97. The summed E-state index contributed by atoms with van der Waals surface area (Å²) in [4.78, 5) is 38.1. The molecule has 0 spiro atoms. The van der Waals surface area contributed by atoms with Gasteiger partial charge in [-0.1, -0.05) is 0 Å². The molecule has 1 aromatic rings. The molecule has 0 N–H and O–H groups in total. The first-order valence-electron chi connectivity index (χ1n) is 7.03. The molecule has 0 saturated carbocycles. The molecule has 7 nitrogen and oxygen atoms in total. The standard InChI is InChI=1S/C14H17N5O2S/c1-17-5-7-19(8-6-17)13-15-4-3-10(16-13)9-11-12(20)18(2)14(21)22-11/h3-4,9H,5-8H2,1-2H3/b11-9-. The summed E-state index contributed by atoms with van der Waals surface area (Å²) in [6.45, 7) is 3.71. The number of piperazine rings is 1. The molecule has 3 rings (SSSR count). The van der Waals surface area contributed by atoms with Crippen LogP contribution < -0.4 is 4.90 Å². The predicted molar refractivity (Wildman–Crippen MR) is 85.5 cm³/mol. The summed E-state index contributed by atoms with van der Waals surface area (Å²) in [6, 6.07) is 1.74. The van der Waals surface area contributed by atoms with E-state index in [-0.39, 0.29) is 11.1 Å². The fourth-order valence-electron chi connectivity index (χ4n) is 2.28. The van der Waals surface area contributed by atoms with Crippen LogP contribution in [-0.2, 0) is 4.79 Å². The van der Waals surface area contributed by atoms with Gasteiger partial charge in [0.2, 0.25) is 5.95 Å². The molecule has 2 amide bonds. The maximum Gasteiger partial charge on any atom is 0.293 e. The van der Waals surface area contributed by atoms with E-state index in [4.69, 9.17) is 0 Å². The second kappa shape index (κ2) is 6.05. The summed E-state index contributed by atoms with van der Waals surface area (Å²) in [5.41, 5.74) is 0.642. The molecule has 1 aromatic heterocycles. The van der Waals surface area contributed by atoms with E-state index in [1.807, 2.05) is 0 Å². The van der Waals surface area contributed by atoms with Crippen LogP contribution in [0.2, 0.25) is 0 Å². The molecule has 0 unspecified atom stereocenters. The van der Waals surface area contributed by atoms with Gasteiger partial charge in [0, 0.05) is 39.4 Å². The number of anilines is 1. The van der Waals surface area contributed by atoms with Crippen molar-refractivity contribution in [3.05, 3.63) is 22.9 Å². The van der Waals surface area contributed by atoms with Crippen LogP contribution in [0.4, 0.5) is 10.7 Å². The van der Waals surface area contributed by atoms with Gasteiger partial charge in [-0.15, -0.1) is 0 Å². The average molecular weight is 319 g/mol. The highest BCUT2D eigenvalue weighted by molar-refractivity contribution is 8.18. The molecule has 2 aliphatic rings. The van der Waals surface area contributed by atoms with Crippen LogP contribution in [0.15, 0.2) is 17.2 Å². The van der Waals surface area contributed by atoms with Gasteiger partial charge in [-0.05, 0) is 31.0 Å². The molecule has 0 radical (unpaired) electrons. The van der Waals surface area contributed by atoms with E-state index in [1.54, 1.807) is 18.3 Å². The highest BCUT2D eigenvalue weighted by Gasteiger charge is 2.31. The largest absolute Gasteiger partial charge is 0.338 e. The van der Waals surface area contributed by atoms with E-state index in [0.29, 0.717) is 16.5 Å². The summed E-state index contributed by atoms with van der Waals surface area (Å²) in [5, 5.41) is -0.260. The third-order valence-electron chi connectivity index (χ3n) is 3.72. The van der Waals surface area contributed by atoms with Crippen LogP contribution in [0.5, 0.6) is 0 Å². The number of imide groups is 1. The minimum absolute atomic E-state index is 0.260. The molecule has 0 aromatic carbocycles. The molecular formula is C14H17N5O2S. The Morgan fingerprint density at radius 1 is 1.18 bits per heavy atom. The number of aromatic nitrogens is 2. The average Bonchev–Trinajstić information content (AvgIpc) is 2.76. The molecule has 3 heterocycles. The SMILES string of the molecule is CN1CCN(c2nccc(/C=C3\SC(=O)N(C)C3=O)n2)CC1. The number of carbonyl (C=O) groups is 2. The Bertz CT molecular complexity index is 640. The molecule has 2 saturated heterocycles. The molecule has 0 aliphatic carbocycles. The van der Waals surface area contributed by atoms with Gasteiger partial charge in [-0.2, -0.15) is 0 Å². The monoisotopic (exact) mass is 319 g/mol. The van der Waals surface area contributed by atoms with E-state index < -0.39 is 0 Å². The van der Waals surface area contributed by atoms with Crippen molar-refractivity contribution in [1.29, 1.82) is 0 Å². The van der Waals surface area contributed by atoms with E-state index in [0.717, 1.165) is 42.8 Å². The second-order valence-corrected chi connectivity index (χ2v) is 6.31. The van der Waals surface area contributed by atoms with Crippen LogP contribution in [0.25, 0.3) is 6.08 Å². The van der Waals surface area contributed by atoms with Crippen molar-refractivity contribution in [2.45, 2.75) is 0 Å². The first kappa shape index (κ1) is 15.0. The summed E-state index contributed by atoms with van der Waals surface area (Å²) in [5.74, 6) is 0.382. The Labute approximate surface area is 133 Å². The van der Waals surface area contributed by atoms with Crippen molar-refractivity contribution in [2.24, 2.45) is 0 Å². The number of hydrogen-bond donors (Lipinski definition) is 0. The zero-order chi connectivity index (χ0) is 15.7. The van der Waals surface area contributed by atoms with Crippen molar-refractivity contribution < 1.29 is 9.59 Å². The molecule has 0 bridgehead atoms. The predicted octanol–water partition coefficient (Wildman–Crippen LogP) is 0.894. The smallest absolute Gasteiger partial charge is 0.293 e. The van der Waals surface area contributed by atoms with Gasteiger partial charge in [0.05, 0.1) is 10.6 Å². The van der Waals surface area contributed by atoms with Gasteiger partial charge in [0.15, 0.2) is 0 Å². The fourth-order valence-corrected chi connectivity index (χ4v) is 3.09. The van der Waals surface area contributed by atoms with Crippen molar-refractivity contribution in [3.8, 4) is 0 Å². The molecule has 22 heavy (non-hydrogen) atoms. The van der Waals surface area contributed by atoms with Crippen molar-refractivity contribution in [1.82, 2.24) is 19.8 Å². The number of thioether (sulfide) groups is 1. The number of carbonyl (C=O) groups excluding carboxylic acids is 2. The van der Waals surface area contributed by atoms with Crippen LogP contribution in [0, 0.1) is 0 Å². The van der Waals surface area contributed by atoms with Crippen LogP contribution >= 0.6 is 11.8 Å². The first-order valence-corrected chi connectivity index (χ1v) is 7.84. The normalized spacial score (nSPS) is 22.0. The minimum Gasteiger partial charge on any atom is -0.338 e. The zero-order valence-electron chi connectivity index (χ0n) is 12.5. The highest BCUT2D eigenvalue weighted by Crippen LogP contribution is 2.30. The Balaban J connectivity index is 1.80. The fraction of sp³-hybridized carbons (Fsp3) is 0.429. The lowest BCUT2D eigenvalue weighted by molar-refractivity contribution is -0.121.